The zero-order valence-electron chi connectivity index (χ0n) is 21.6. The molecular formula is C27H28FN7O5. The van der Waals surface area contributed by atoms with Crippen LogP contribution in [0, 0.1) is 11.7 Å². The second-order valence-electron chi connectivity index (χ2n) is 9.96. The summed E-state index contributed by atoms with van der Waals surface area (Å²) in [7, 11) is 0. The van der Waals surface area contributed by atoms with E-state index in [1.54, 1.807) is 47.5 Å². The van der Waals surface area contributed by atoms with Crippen molar-refractivity contribution in [3.05, 3.63) is 60.4 Å². The summed E-state index contributed by atoms with van der Waals surface area (Å²) in [6, 6.07) is 8.11. The lowest BCUT2D eigenvalue weighted by Crippen LogP contribution is -2.33. The van der Waals surface area contributed by atoms with E-state index in [-0.39, 0.29) is 31.1 Å². The lowest BCUT2D eigenvalue weighted by Gasteiger charge is -2.21. The normalized spacial score (nSPS) is 21.2. The SMILES string of the molecule is O=C(OCC1CC(c2ccc(-c3ccc(N4CC(Cn5ccnn5)OC4=O)cc3F)cn2)=NO1)C1CCNCC1. The third kappa shape index (κ3) is 5.64. The van der Waals surface area contributed by atoms with E-state index >= 15 is 4.39 Å². The second kappa shape index (κ2) is 11.4. The van der Waals surface area contributed by atoms with Crippen LogP contribution >= 0.6 is 0 Å². The summed E-state index contributed by atoms with van der Waals surface area (Å²) in [6.07, 6.45) is 5.50. The van der Waals surface area contributed by atoms with E-state index in [0.29, 0.717) is 41.2 Å². The van der Waals surface area contributed by atoms with Crippen molar-refractivity contribution in [1.82, 2.24) is 25.3 Å². The number of pyridine rings is 1. The van der Waals surface area contributed by atoms with Gasteiger partial charge in [-0.25, -0.2) is 13.9 Å². The molecule has 1 aromatic carbocycles. The second-order valence-corrected chi connectivity index (χ2v) is 9.96. The molecule has 1 amide bonds. The van der Waals surface area contributed by atoms with E-state index in [1.165, 1.54) is 11.0 Å². The van der Waals surface area contributed by atoms with Gasteiger partial charge in [0.1, 0.15) is 24.2 Å². The highest BCUT2D eigenvalue weighted by Crippen LogP contribution is 2.29. The number of piperidine rings is 1. The molecule has 3 aromatic rings. The molecule has 2 unspecified atom stereocenters. The first-order chi connectivity index (χ1) is 19.5. The van der Waals surface area contributed by atoms with Crippen LogP contribution in [0.15, 0.2) is 54.1 Å². The van der Waals surface area contributed by atoms with Gasteiger partial charge in [0.25, 0.3) is 0 Å². The highest BCUT2D eigenvalue weighted by molar-refractivity contribution is 5.99. The van der Waals surface area contributed by atoms with Gasteiger partial charge in [0.15, 0.2) is 6.10 Å². The number of amides is 1. The van der Waals surface area contributed by atoms with Crippen LogP contribution in [0.2, 0.25) is 0 Å². The van der Waals surface area contributed by atoms with Gasteiger partial charge >= 0.3 is 12.1 Å². The van der Waals surface area contributed by atoms with Gasteiger partial charge in [-0.05, 0) is 50.2 Å². The summed E-state index contributed by atoms with van der Waals surface area (Å²) in [4.78, 5) is 36.0. The highest BCUT2D eigenvalue weighted by Gasteiger charge is 2.33. The summed E-state index contributed by atoms with van der Waals surface area (Å²) in [6.45, 7) is 2.42. The van der Waals surface area contributed by atoms with Crippen molar-refractivity contribution in [3.63, 3.8) is 0 Å². The predicted octanol–water partition coefficient (Wildman–Crippen LogP) is 2.54. The molecule has 0 saturated carbocycles. The largest absolute Gasteiger partial charge is 0.461 e. The van der Waals surface area contributed by atoms with Gasteiger partial charge in [0.05, 0.1) is 36.6 Å². The Kier molecular flexibility index (Phi) is 7.36. The maximum absolute atomic E-state index is 15.1. The Labute approximate surface area is 229 Å². The van der Waals surface area contributed by atoms with Crippen LogP contribution in [0.5, 0.6) is 0 Å². The van der Waals surface area contributed by atoms with Crippen molar-refractivity contribution in [1.29, 1.82) is 0 Å². The smallest absolute Gasteiger partial charge is 0.414 e. The lowest BCUT2D eigenvalue weighted by atomic mass is 9.98. The number of nitrogens with zero attached hydrogens (tertiary/aromatic N) is 6. The number of hydrogen-bond donors (Lipinski definition) is 1. The molecule has 5 heterocycles. The number of anilines is 1. The number of hydrogen-bond acceptors (Lipinski definition) is 10. The molecule has 2 saturated heterocycles. The minimum atomic E-state index is -0.540. The van der Waals surface area contributed by atoms with E-state index in [9.17, 15) is 9.59 Å². The quantitative estimate of drug-likeness (QED) is 0.421. The van der Waals surface area contributed by atoms with Crippen LogP contribution in [0.4, 0.5) is 14.9 Å². The van der Waals surface area contributed by atoms with Gasteiger partial charge in [-0.3, -0.25) is 14.7 Å². The van der Waals surface area contributed by atoms with Gasteiger partial charge in [-0.1, -0.05) is 16.4 Å². The maximum atomic E-state index is 15.1. The molecule has 208 valence electrons. The van der Waals surface area contributed by atoms with Crippen LogP contribution < -0.4 is 10.2 Å². The molecule has 1 N–H and O–H groups in total. The number of oxime groups is 1. The van der Waals surface area contributed by atoms with Crippen molar-refractivity contribution in [2.75, 3.05) is 31.1 Å². The Morgan fingerprint density at radius 2 is 2.05 bits per heavy atom. The Bertz CT molecular complexity index is 1390. The fourth-order valence-corrected chi connectivity index (χ4v) is 5.02. The predicted molar refractivity (Wildman–Crippen MR) is 140 cm³/mol. The number of benzene rings is 1. The standard InChI is InChI=1S/C27H28FN7O5/c28-23-11-19(35-15-21(39-27(35)37)14-34-10-9-31-33-34)2-3-22(23)18-1-4-24(30-13-18)25-12-20(40-32-25)16-38-26(36)17-5-7-29-8-6-17/h1-4,9-11,13,17,20-21,29H,5-8,12,14-16H2. The van der Waals surface area contributed by atoms with E-state index < -0.39 is 18.0 Å². The first kappa shape index (κ1) is 25.9. The van der Waals surface area contributed by atoms with Crippen molar-refractivity contribution >= 4 is 23.5 Å². The Morgan fingerprint density at radius 1 is 1.18 bits per heavy atom. The number of rotatable bonds is 8. The molecule has 0 bridgehead atoms. The number of nitrogens with one attached hydrogen (secondary N) is 1. The molecule has 2 fully saturated rings. The third-order valence-corrected chi connectivity index (χ3v) is 7.19. The van der Waals surface area contributed by atoms with Crippen molar-refractivity contribution in [2.24, 2.45) is 11.1 Å². The minimum absolute atomic E-state index is 0.0711. The number of esters is 1. The van der Waals surface area contributed by atoms with Gasteiger partial charge < -0.3 is 19.6 Å². The minimum Gasteiger partial charge on any atom is -0.461 e. The van der Waals surface area contributed by atoms with Crippen LogP contribution in [0.25, 0.3) is 11.1 Å². The number of carbonyl (C=O) groups excluding carboxylic acids is 2. The molecule has 0 spiro atoms. The monoisotopic (exact) mass is 549 g/mol. The van der Waals surface area contributed by atoms with E-state index in [0.717, 1.165) is 25.9 Å². The molecule has 6 rings (SSSR count). The number of aromatic nitrogens is 4. The summed E-state index contributed by atoms with van der Waals surface area (Å²) in [5.41, 5.74) is 2.57. The molecule has 3 aliphatic rings. The molecule has 2 aromatic heterocycles. The molecule has 0 radical (unpaired) electrons. The van der Waals surface area contributed by atoms with E-state index in [4.69, 9.17) is 14.3 Å². The molecule has 2 atom stereocenters. The number of cyclic esters (lactones) is 1. The van der Waals surface area contributed by atoms with Crippen LogP contribution in [-0.2, 0) is 25.7 Å². The van der Waals surface area contributed by atoms with Gasteiger partial charge in [-0.15, -0.1) is 5.10 Å². The lowest BCUT2D eigenvalue weighted by molar-refractivity contribution is -0.153. The molecule has 13 heteroatoms. The van der Waals surface area contributed by atoms with Crippen LogP contribution in [0.3, 0.4) is 0 Å². The van der Waals surface area contributed by atoms with Gasteiger partial charge in [0, 0.05) is 29.9 Å². The Morgan fingerprint density at radius 3 is 2.80 bits per heavy atom. The molecular weight excluding hydrogens is 521 g/mol. The maximum Gasteiger partial charge on any atom is 0.414 e. The van der Waals surface area contributed by atoms with Crippen molar-refractivity contribution in [3.8, 4) is 11.1 Å². The van der Waals surface area contributed by atoms with Crippen molar-refractivity contribution < 1.29 is 28.3 Å². The zero-order chi connectivity index (χ0) is 27.5. The van der Waals surface area contributed by atoms with Gasteiger partial charge in [0.2, 0.25) is 0 Å². The molecule has 0 aliphatic carbocycles. The van der Waals surface area contributed by atoms with Gasteiger partial charge in [-0.2, -0.15) is 0 Å². The fraction of sp³-hybridized carbons (Fsp3) is 0.407. The zero-order valence-corrected chi connectivity index (χ0v) is 21.6. The highest BCUT2D eigenvalue weighted by atomic mass is 19.1. The molecule has 12 nitrogen and oxygen atoms in total. The van der Waals surface area contributed by atoms with Crippen LogP contribution in [0.1, 0.15) is 25.0 Å². The average molecular weight is 550 g/mol. The van der Waals surface area contributed by atoms with E-state index in [2.05, 4.69) is 25.8 Å². The number of carbonyl (C=O) groups is 2. The first-order valence-corrected chi connectivity index (χ1v) is 13.2. The first-order valence-electron chi connectivity index (χ1n) is 13.2. The van der Waals surface area contributed by atoms with Crippen LogP contribution in [-0.4, -0.2) is 76.2 Å². The van der Waals surface area contributed by atoms with Crippen molar-refractivity contribution in [2.45, 2.75) is 38.0 Å². The number of ether oxygens (including phenoxy) is 2. The fourth-order valence-electron chi connectivity index (χ4n) is 5.02. The summed E-state index contributed by atoms with van der Waals surface area (Å²) >= 11 is 0. The summed E-state index contributed by atoms with van der Waals surface area (Å²) in [5.74, 6) is -0.753. The summed E-state index contributed by atoms with van der Waals surface area (Å²) in [5, 5.41) is 15.0. The summed E-state index contributed by atoms with van der Waals surface area (Å²) < 4.78 is 27.6. The Balaban J connectivity index is 1.04. The molecule has 40 heavy (non-hydrogen) atoms. The number of halogens is 1. The average Bonchev–Trinajstić information content (AvgIpc) is 3.74. The topological polar surface area (TPSA) is 133 Å². The third-order valence-electron chi connectivity index (χ3n) is 7.19. The molecule has 3 aliphatic heterocycles. The van der Waals surface area contributed by atoms with E-state index in [1.807, 2.05) is 0 Å². The Hall–Kier alpha value is -4.39.